The fourth-order valence-electron chi connectivity index (χ4n) is 8.14. The fourth-order valence-corrected chi connectivity index (χ4v) is 8.14. The summed E-state index contributed by atoms with van der Waals surface area (Å²) in [6.07, 6.45) is 0. The van der Waals surface area contributed by atoms with Crippen LogP contribution in [0.3, 0.4) is 0 Å². The van der Waals surface area contributed by atoms with E-state index in [-0.39, 0.29) is 5.41 Å². The van der Waals surface area contributed by atoms with Crippen LogP contribution in [0.1, 0.15) is 36.1 Å². The molecule has 0 aliphatic carbocycles. The predicted molar refractivity (Wildman–Crippen MR) is 208 cm³/mol. The Kier molecular flexibility index (Phi) is 6.88. The molecule has 0 radical (unpaired) electrons. The van der Waals surface area contributed by atoms with Crippen molar-refractivity contribution in [1.29, 1.82) is 10.5 Å². The number of hydrogen-bond acceptors (Lipinski definition) is 3. The largest absolute Gasteiger partial charge is 0.310 e. The molecule has 51 heavy (non-hydrogen) atoms. The molecule has 1 aliphatic rings. The van der Waals surface area contributed by atoms with E-state index < -0.39 is 0 Å². The Balaban J connectivity index is 1.39. The Morgan fingerprint density at radius 1 is 0.490 bits per heavy atom. The summed E-state index contributed by atoms with van der Waals surface area (Å²) in [5, 5.41) is 22.8. The SMILES string of the molecule is CC1(C)c2ccccc2N(c2cc(-c3ccccc3-c3c(C#N)cccc3C#N)cc(-n3c4ccccc4c4ccccc43)c2)c2ccccc21. The fraction of sp³-hybridized carbons (Fsp3) is 0.0638. The quantitative estimate of drug-likeness (QED) is 0.190. The number of aromatic nitrogens is 1. The van der Waals surface area contributed by atoms with Crippen molar-refractivity contribution in [1.82, 2.24) is 4.57 Å². The zero-order valence-corrected chi connectivity index (χ0v) is 28.3. The Labute approximate surface area is 297 Å². The van der Waals surface area contributed by atoms with Gasteiger partial charge in [-0.1, -0.05) is 117 Å². The number of rotatable bonds is 4. The van der Waals surface area contributed by atoms with Crippen LogP contribution >= 0.6 is 0 Å². The van der Waals surface area contributed by atoms with Crippen LogP contribution in [0.4, 0.5) is 17.1 Å². The highest BCUT2D eigenvalue weighted by atomic mass is 15.2. The van der Waals surface area contributed by atoms with Crippen molar-refractivity contribution < 1.29 is 0 Å². The molecule has 240 valence electrons. The molecule has 8 aromatic rings. The first-order chi connectivity index (χ1) is 25.0. The summed E-state index contributed by atoms with van der Waals surface area (Å²) in [5.41, 5.74) is 13.2. The van der Waals surface area contributed by atoms with E-state index in [9.17, 15) is 10.5 Å². The van der Waals surface area contributed by atoms with Gasteiger partial charge in [0, 0.05) is 33.1 Å². The van der Waals surface area contributed by atoms with Gasteiger partial charge in [-0.05, 0) is 82.4 Å². The highest BCUT2D eigenvalue weighted by molar-refractivity contribution is 6.09. The average Bonchev–Trinajstić information content (AvgIpc) is 3.52. The first-order valence-corrected chi connectivity index (χ1v) is 17.2. The van der Waals surface area contributed by atoms with Gasteiger partial charge < -0.3 is 9.47 Å². The van der Waals surface area contributed by atoms with Crippen LogP contribution in [0, 0.1) is 22.7 Å². The van der Waals surface area contributed by atoms with Gasteiger partial charge in [0.2, 0.25) is 0 Å². The van der Waals surface area contributed by atoms with Crippen molar-refractivity contribution >= 4 is 38.9 Å². The van der Waals surface area contributed by atoms with E-state index in [1.54, 1.807) is 18.2 Å². The highest BCUT2D eigenvalue weighted by Gasteiger charge is 2.36. The lowest BCUT2D eigenvalue weighted by molar-refractivity contribution is 0.632. The molecule has 1 aliphatic heterocycles. The van der Waals surface area contributed by atoms with E-state index in [1.165, 1.54) is 21.9 Å². The molecule has 1 aromatic heterocycles. The summed E-state index contributed by atoms with van der Waals surface area (Å²) in [5.74, 6) is 0. The maximum Gasteiger partial charge on any atom is 0.0998 e. The molecule has 0 N–H and O–H groups in total. The second kappa shape index (κ2) is 11.6. The van der Waals surface area contributed by atoms with Crippen molar-refractivity contribution in [3.63, 3.8) is 0 Å². The van der Waals surface area contributed by atoms with Gasteiger partial charge in [0.1, 0.15) is 0 Å². The van der Waals surface area contributed by atoms with Gasteiger partial charge in [0.25, 0.3) is 0 Å². The molecular formula is C47H32N4. The Morgan fingerprint density at radius 3 is 1.57 bits per heavy atom. The number of para-hydroxylation sites is 4. The molecule has 0 saturated carbocycles. The van der Waals surface area contributed by atoms with Crippen molar-refractivity contribution in [2.45, 2.75) is 19.3 Å². The second-order valence-corrected chi connectivity index (χ2v) is 13.6. The molecule has 0 unspecified atom stereocenters. The number of anilines is 3. The molecule has 0 fully saturated rings. The normalized spacial score (nSPS) is 13.0. The maximum absolute atomic E-state index is 10.2. The first kappa shape index (κ1) is 30.2. The van der Waals surface area contributed by atoms with Crippen LogP contribution in [0.25, 0.3) is 49.7 Å². The lowest BCUT2D eigenvalue weighted by atomic mass is 9.73. The number of hydrogen-bond donors (Lipinski definition) is 0. The molecule has 0 spiro atoms. The molecule has 7 aromatic carbocycles. The zero-order chi connectivity index (χ0) is 34.7. The third-order valence-corrected chi connectivity index (χ3v) is 10.4. The monoisotopic (exact) mass is 652 g/mol. The minimum absolute atomic E-state index is 0.196. The lowest BCUT2D eigenvalue weighted by Crippen LogP contribution is -2.30. The van der Waals surface area contributed by atoms with Crippen molar-refractivity contribution in [2.75, 3.05) is 4.90 Å². The molecular weight excluding hydrogens is 621 g/mol. The lowest BCUT2D eigenvalue weighted by Gasteiger charge is -2.42. The minimum atomic E-state index is -0.196. The molecule has 2 heterocycles. The van der Waals surface area contributed by atoms with Crippen molar-refractivity contribution in [2.24, 2.45) is 0 Å². The van der Waals surface area contributed by atoms with E-state index in [0.717, 1.165) is 50.5 Å². The number of fused-ring (bicyclic) bond motifs is 5. The van der Waals surface area contributed by atoms with Gasteiger partial charge in [-0.2, -0.15) is 10.5 Å². The van der Waals surface area contributed by atoms with Crippen molar-refractivity contribution in [3.05, 3.63) is 180 Å². The van der Waals surface area contributed by atoms with E-state index in [4.69, 9.17) is 0 Å². The molecule has 4 nitrogen and oxygen atoms in total. The van der Waals surface area contributed by atoms with Crippen LogP contribution < -0.4 is 4.90 Å². The Hall–Kier alpha value is -6.88. The van der Waals surface area contributed by atoms with Crippen LogP contribution in [0.15, 0.2) is 158 Å². The van der Waals surface area contributed by atoms with Crippen LogP contribution in [0.2, 0.25) is 0 Å². The standard InChI is InChI=1S/C47H32N4/c1-47(2)40-20-7-11-24-44(40)51(45-25-12-8-21-41(45)47)35-27-33(36-16-3-4-19-39(36)46-31(29-48)14-13-15-32(46)30-49)26-34(28-35)50-42-22-9-5-17-37(42)38-18-6-10-23-43(38)50/h3-28H,1-2H3. The molecule has 4 heteroatoms. The third kappa shape index (κ3) is 4.58. The Morgan fingerprint density at radius 2 is 0.980 bits per heavy atom. The summed E-state index contributed by atoms with van der Waals surface area (Å²) in [4.78, 5) is 2.39. The number of nitrogens with zero attached hydrogens (tertiary/aromatic N) is 4. The van der Waals surface area contributed by atoms with Gasteiger partial charge in [-0.15, -0.1) is 0 Å². The summed E-state index contributed by atoms with van der Waals surface area (Å²) in [7, 11) is 0. The first-order valence-electron chi connectivity index (χ1n) is 17.2. The van der Waals surface area contributed by atoms with Crippen LogP contribution in [0.5, 0.6) is 0 Å². The van der Waals surface area contributed by atoms with Gasteiger partial charge in [0.05, 0.1) is 45.7 Å². The maximum atomic E-state index is 10.2. The summed E-state index contributed by atoms with van der Waals surface area (Å²) >= 11 is 0. The average molecular weight is 653 g/mol. The number of benzene rings is 7. The molecule has 0 atom stereocenters. The summed E-state index contributed by atoms with van der Waals surface area (Å²) < 4.78 is 2.36. The molecule has 9 rings (SSSR count). The Bertz CT molecular complexity index is 2630. The third-order valence-electron chi connectivity index (χ3n) is 10.4. The smallest absolute Gasteiger partial charge is 0.0998 e. The van der Waals surface area contributed by atoms with Crippen molar-refractivity contribution in [3.8, 4) is 40.1 Å². The molecule has 0 amide bonds. The van der Waals surface area contributed by atoms with Gasteiger partial charge in [0.15, 0.2) is 0 Å². The topological polar surface area (TPSA) is 55.8 Å². The molecule has 0 bridgehead atoms. The van der Waals surface area contributed by atoms with Gasteiger partial charge in [-0.3, -0.25) is 0 Å². The van der Waals surface area contributed by atoms with E-state index in [1.807, 2.05) is 18.2 Å². The summed E-state index contributed by atoms with van der Waals surface area (Å²) in [6, 6.07) is 59.5. The van der Waals surface area contributed by atoms with Gasteiger partial charge in [-0.25, -0.2) is 0 Å². The predicted octanol–water partition coefficient (Wildman–Crippen LogP) is 12.0. The van der Waals surface area contributed by atoms with Crippen LogP contribution in [-0.2, 0) is 5.41 Å². The van der Waals surface area contributed by atoms with E-state index in [2.05, 4.69) is 157 Å². The second-order valence-electron chi connectivity index (χ2n) is 13.6. The number of nitriles is 2. The minimum Gasteiger partial charge on any atom is -0.310 e. The zero-order valence-electron chi connectivity index (χ0n) is 28.3. The summed E-state index contributed by atoms with van der Waals surface area (Å²) in [6.45, 7) is 4.61. The molecule has 0 saturated heterocycles. The van der Waals surface area contributed by atoms with E-state index in [0.29, 0.717) is 16.7 Å². The van der Waals surface area contributed by atoms with Gasteiger partial charge >= 0.3 is 0 Å². The van der Waals surface area contributed by atoms with E-state index >= 15 is 0 Å². The highest BCUT2D eigenvalue weighted by Crippen LogP contribution is 2.52. The van der Waals surface area contributed by atoms with Crippen LogP contribution in [-0.4, -0.2) is 4.57 Å².